The molecular weight excluding hydrogens is 328 g/mol. The van der Waals surface area contributed by atoms with Crippen LogP contribution in [-0.4, -0.2) is 24.1 Å². The van der Waals surface area contributed by atoms with Crippen molar-refractivity contribution in [3.05, 3.63) is 83.9 Å². The van der Waals surface area contributed by atoms with E-state index >= 15 is 0 Å². The van der Waals surface area contributed by atoms with E-state index in [1.807, 2.05) is 48.5 Å². The number of furan rings is 1. The van der Waals surface area contributed by atoms with Crippen LogP contribution in [-0.2, 0) is 11.3 Å². The number of pyridine rings is 1. The van der Waals surface area contributed by atoms with Crippen molar-refractivity contribution in [2.45, 2.75) is 18.9 Å². The van der Waals surface area contributed by atoms with Gasteiger partial charge in [0.2, 0.25) is 0 Å². The van der Waals surface area contributed by atoms with Crippen molar-refractivity contribution < 1.29 is 13.9 Å². The van der Waals surface area contributed by atoms with Crippen molar-refractivity contribution >= 4 is 11.7 Å². The van der Waals surface area contributed by atoms with E-state index in [1.165, 1.54) is 0 Å². The van der Waals surface area contributed by atoms with Crippen molar-refractivity contribution in [1.29, 1.82) is 0 Å². The molecule has 3 aromatic rings. The zero-order valence-corrected chi connectivity index (χ0v) is 14.4. The molecule has 0 unspecified atom stereocenters. The van der Waals surface area contributed by atoms with Gasteiger partial charge in [0.25, 0.3) is 5.91 Å². The van der Waals surface area contributed by atoms with Crippen molar-refractivity contribution in [3.8, 4) is 0 Å². The Labute approximate surface area is 152 Å². The lowest BCUT2D eigenvalue weighted by Gasteiger charge is -2.21. The van der Waals surface area contributed by atoms with E-state index in [0.717, 1.165) is 18.6 Å². The van der Waals surface area contributed by atoms with E-state index in [1.54, 1.807) is 17.4 Å². The SMILES string of the molecule is O=C(c1cccc([C@@H]2CCOC2)c1)N(Cc1ccco1)c1ccccn1. The van der Waals surface area contributed by atoms with Crippen LogP contribution in [0.25, 0.3) is 0 Å². The minimum absolute atomic E-state index is 0.0964. The normalized spacial score (nSPS) is 16.5. The molecule has 5 heteroatoms. The van der Waals surface area contributed by atoms with Gasteiger partial charge in [0.1, 0.15) is 11.6 Å². The highest BCUT2D eigenvalue weighted by Crippen LogP contribution is 2.27. The lowest BCUT2D eigenvalue weighted by Crippen LogP contribution is -2.31. The first-order chi connectivity index (χ1) is 12.8. The maximum atomic E-state index is 13.3. The summed E-state index contributed by atoms with van der Waals surface area (Å²) in [5.41, 5.74) is 1.79. The number of benzene rings is 1. The van der Waals surface area contributed by atoms with E-state index in [0.29, 0.717) is 36.2 Å². The van der Waals surface area contributed by atoms with Crippen LogP contribution in [0.15, 0.2) is 71.5 Å². The molecule has 3 heterocycles. The van der Waals surface area contributed by atoms with Crippen LogP contribution in [0, 0.1) is 0 Å². The van der Waals surface area contributed by atoms with Crippen molar-refractivity contribution in [2.24, 2.45) is 0 Å². The summed E-state index contributed by atoms with van der Waals surface area (Å²) < 4.78 is 10.9. The highest BCUT2D eigenvalue weighted by molar-refractivity contribution is 6.05. The second-order valence-electron chi connectivity index (χ2n) is 6.34. The van der Waals surface area contributed by atoms with Gasteiger partial charge < -0.3 is 9.15 Å². The Balaban J connectivity index is 1.64. The Morgan fingerprint density at radius 2 is 2.12 bits per heavy atom. The molecule has 1 atom stereocenters. The number of carbonyl (C=O) groups is 1. The molecule has 132 valence electrons. The van der Waals surface area contributed by atoms with Gasteiger partial charge in [-0.05, 0) is 48.4 Å². The maximum Gasteiger partial charge on any atom is 0.259 e. The summed E-state index contributed by atoms with van der Waals surface area (Å²) in [5.74, 6) is 1.57. The van der Waals surface area contributed by atoms with Gasteiger partial charge in [0, 0.05) is 24.3 Å². The average Bonchev–Trinajstić information content (AvgIpc) is 3.40. The van der Waals surface area contributed by atoms with E-state index in [4.69, 9.17) is 9.15 Å². The number of carbonyl (C=O) groups excluding carboxylic acids is 1. The van der Waals surface area contributed by atoms with Crippen molar-refractivity contribution in [2.75, 3.05) is 18.1 Å². The maximum absolute atomic E-state index is 13.3. The van der Waals surface area contributed by atoms with Crippen LogP contribution in [0.5, 0.6) is 0 Å². The van der Waals surface area contributed by atoms with E-state index in [2.05, 4.69) is 11.1 Å². The van der Waals surface area contributed by atoms with Gasteiger partial charge >= 0.3 is 0 Å². The fourth-order valence-corrected chi connectivity index (χ4v) is 3.21. The van der Waals surface area contributed by atoms with Crippen LogP contribution in [0.2, 0.25) is 0 Å². The fraction of sp³-hybridized carbons (Fsp3) is 0.238. The van der Waals surface area contributed by atoms with Gasteiger partial charge in [-0.3, -0.25) is 9.69 Å². The molecule has 1 aliphatic heterocycles. The molecule has 26 heavy (non-hydrogen) atoms. The molecule has 4 rings (SSSR count). The summed E-state index contributed by atoms with van der Waals surface area (Å²) in [6.45, 7) is 1.83. The van der Waals surface area contributed by atoms with Gasteiger partial charge in [-0.2, -0.15) is 0 Å². The number of anilines is 1. The second-order valence-corrected chi connectivity index (χ2v) is 6.34. The molecular formula is C21H20N2O3. The number of aromatic nitrogens is 1. The van der Waals surface area contributed by atoms with Gasteiger partial charge in [0.05, 0.1) is 19.4 Å². The Hall–Kier alpha value is -2.92. The summed E-state index contributed by atoms with van der Waals surface area (Å²) in [5, 5.41) is 0. The zero-order chi connectivity index (χ0) is 17.8. The first kappa shape index (κ1) is 16.5. The number of ether oxygens (including phenoxy) is 1. The third-order valence-electron chi connectivity index (χ3n) is 4.60. The molecule has 1 aliphatic rings. The predicted molar refractivity (Wildman–Crippen MR) is 98.1 cm³/mol. The quantitative estimate of drug-likeness (QED) is 0.699. The first-order valence-corrected chi connectivity index (χ1v) is 8.74. The van der Waals surface area contributed by atoms with E-state index in [-0.39, 0.29) is 5.91 Å². The Bertz CT molecular complexity index is 856. The smallest absolute Gasteiger partial charge is 0.259 e. The Morgan fingerprint density at radius 3 is 2.85 bits per heavy atom. The van der Waals surface area contributed by atoms with E-state index < -0.39 is 0 Å². The van der Waals surface area contributed by atoms with E-state index in [9.17, 15) is 4.79 Å². The Kier molecular flexibility index (Phi) is 4.80. The molecule has 0 spiro atoms. The second kappa shape index (κ2) is 7.54. The molecule has 1 fully saturated rings. The van der Waals surface area contributed by atoms with Gasteiger partial charge in [0.15, 0.2) is 0 Å². The number of rotatable bonds is 5. The summed E-state index contributed by atoms with van der Waals surface area (Å²) in [7, 11) is 0. The van der Waals surface area contributed by atoms with Crippen LogP contribution >= 0.6 is 0 Å². The van der Waals surface area contributed by atoms with Gasteiger partial charge in [-0.15, -0.1) is 0 Å². The van der Waals surface area contributed by atoms with Crippen molar-refractivity contribution in [3.63, 3.8) is 0 Å². The monoisotopic (exact) mass is 348 g/mol. The lowest BCUT2D eigenvalue weighted by atomic mass is 9.96. The highest BCUT2D eigenvalue weighted by atomic mass is 16.5. The number of hydrogen-bond donors (Lipinski definition) is 0. The van der Waals surface area contributed by atoms with Crippen LogP contribution in [0.3, 0.4) is 0 Å². The minimum atomic E-state index is -0.0964. The molecule has 0 N–H and O–H groups in total. The number of amides is 1. The largest absolute Gasteiger partial charge is 0.467 e. The first-order valence-electron chi connectivity index (χ1n) is 8.74. The molecule has 1 aromatic carbocycles. The molecule has 0 radical (unpaired) electrons. The van der Waals surface area contributed by atoms with Crippen LogP contribution in [0.1, 0.15) is 34.0 Å². The molecule has 0 saturated carbocycles. The highest BCUT2D eigenvalue weighted by Gasteiger charge is 2.23. The topological polar surface area (TPSA) is 55.6 Å². The predicted octanol–water partition coefficient (Wildman–Crippen LogP) is 4.03. The molecule has 1 saturated heterocycles. The standard InChI is InChI=1S/C21H20N2O3/c24-21(17-6-3-5-16(13-17)18-9-12-25-15-18)23(14-19-7-4-11-26-19)20-8-1-2-10-22-20/h1-8,10-11,13,18H,9,12,14-15H2/t18-/m1/s1. The summed E-state index contributed by atoms with van der Waals surface area (Å²) in [4.78, 5) is 19.2. The van der Waals surface area contributed by atoms with Crippen molar-refractivity contribution in [1.82, 2.24) is 4.98 Å². The third kappa shape index (κ3) is 3.53. The number of nitrogens with zero attached hydrogens (tertiary/aromatic N) is 2. The van der Waals surface area contributed by atoms with Crippen LogP contribution < -0.4 is 4.90 Å². The molecule has 1 amide bonds. The molecule has 2 aromatic heterocycles. The lowest BCUT2D eigenvalue weighted by molar-refractivity contribution is 0.0982. The zero-order valence-electron chi connectivity index (χ0n) is 14.4. The minimum Gasteiger partial charge on any atom is -0.467 e. The van der Waals surface area contributed by atoms with Gasteiger partial charge in [-0.1, -0.05) is 18.2 Å². The Morgan fingerprint density at radius 1 is 1.15 bits per heavy atom. The fourth-order valence-electron chi connectivity index (χ4n) is 3.21. The summed E-state index contributed by atoms with van der Waals surface area (Å²) in [6, 6.07) is 17.0. The molecule has 0 aliphatic carbocycles. The van der Waals surface area contributed by atoms with Gasteiger partial charge in [-0.25, -0.2) is 4.98 Å². The summed E-state index contributed by atoms with van der Waals surface area (Å²) >= 11 is 0. The van der Waals surface area contributed by atoms with Crippen LogP contribution in [0.4, 0.5) is 5.82 Å². The number of hydrogen-bond acceptors (Lipinski definition) is 4. The summed E-state index contributed by atoms with van der Waals surface area (Å²) in [6.07, 6.45) is 4.29. The molecule has 0 bridgehead atoms. The third-order valence-corrected chi connectivity index (χ3v) is 4.60. The average molecular weight is 348 g/mol. The molecule has 5 nitrogen and oxygen atoms in total.